The number of carboxylic acid groups (broad SMARTS) is 1. The van der Waals surface area contributed by atoms with Crippen LogP contribution in [0.4, 0.5) is 0 Å². The Balaban J connectivity index is 2.22. The Morgan fingerprint density at radius 2 is 2.25 bits per heavy atom. The fraction of sp³-hybridized carbons (Fsp3) is 0.125. The van der Waals surface area contributed by atoms with E-state index in [0.29, 0.717) is 10.0 Å². The number of nitrogens with zero attached hydrogens (tertiary/aromatic N) is 2. The van der Waals surface area contributed by atoms with Crippen molar-refractivity contribution >= 4 is 56.3 Å². The minimum Gasteiger partial charge on any atom is -0.477 e. The molecular formula is C8H5BrN2O2S3. The summed E-state index contributed by atoms with van der Waals surface area (Å²) in [5.41, 5.74) is 0.552. The highest BCUT2D eigenvalue weighted by Gasteiger charge is 2.15. The summed E-state index contributed by atoms with van der Waals surface area (Å²) >= 11 is 7.31. The zero-order valence-electron chi connectivity index (χ0n) is 7.93. The van der Waals surface area contributed by atoms with Crippen molar-refractivity contribution in [3.8, 4) is 0 Å². The van der Waals surface area contributed by atoms with Crippen LogP contribution in [0.2, 0.25) is 0 Å². The van der Waals surface area contributed by atoms with Crippen LogP contribution in [0, 0.1) is 6.92 Å². The Morgan fingerprint density at radius 1 is 1.50 bits per heavy atom. The van der Waals surface area contributed by atoms with Gasteiger partial charge in [-0.3, -0.25) is 0 Å². The summed E-state index contributed by atoms with van der Waals surface area (Å²) < 4.78 is 2.33. The topological polar surface area (TPSA) is 63.1 Å². The van der Waals surface area contributed by atoms with Crippen molar-refractivity contribution < 1.29 is 9.90 Å². The Kier molecular flexibility index (Phi) is 3.63. The number of hydrogen-bond acceptors (Lipinski definition) is 6. The molecule has 0 saturated carbocycles. The predicted octanol–water partition coefficient (Wildman–Crippen LogP) is 3.52. The van der Waals surface area contributed by atoms with Gasteiger partial charge in [0.25, 0.3) is 0 Å². The molecule has 16 heavy (non-hydrogen) atoms. The Bertz CT molecular complexity index is 537. The molecular weight excluding hydrogens is 332 g/mol. The maximum absolute atomic E-state index is 10.8. The van der Waals surface area contributed by atoms with Gasteiger partial charge in [0.05, 0.1) is 5.69 Å². The second kappa shape index (κ2) is 4.82. The number of rotatable bonds is 3. The normalized spacial score (nSPS) is 10.6. The van der Waals surface area contributed by atoms with Gasteiger partial charge in [-0.1, -0.05) is 11.3 Å². The number of aromatic nitrogens is 2. The van der Waals surface area contributed by atoms with Crippen LogP contribution in [-0.2, 0) is 0 Å². The van der Waals surface area contributed by atoms with E-state index in [1.165, 1.54) is 34.4 Å². The number of halogens is 1. The molecule has 0 aliphatic rings. The van der Waals surface area contributed by atoms with E-state index >= 15 is 0 Å². The lowest BCUT2D eigenvalue weighted by molar-refractivity contribution is 0.0701. The van der Waals surface area contributed by atoms with Crippen LogP contribution in [0.5, 0.6) is 0 Å². The quantitative estimate of drug-likeness (QED) is 0.928. The van der Waals surface area contributed by atoms with E-state index in [1.54, 1.807) is 6.92 Å². The molecule has 2 rings (SSSR count). The maximum Gasteiger partial charge on any atom is 0.347 e. The fourth-order valence-corrected chi connectivity index (χ4v) is 4.57. The monoisotopic (exact) mass is 336 g/mol. The predicted molar refractivity (Wildman–Crippen MR) is 67.7 cm³/mol. The van der Waals surface area contributed by atoms with E-state index in [-0.39, 0.29) is 4.88 Å². The molecule has 0 saturated heterocycles. The summed E-state index contributed by atoms with van der Waals surface area (Å²) in [5, 5.41) is 10.8. The molecule has 2 aromatic heterocycles. The van der Waals surface area contributed by atoms with E-state index in [2.05, 4.69) is 25.9 Å². The van der Waals surface area contributed by atoms with Crippen molar-refractivity contribution in [3.05, 3.63) is 20.6 Å². The molecule has 2 heterocycles. The van der Waals surface area contributed by atoms with Crippen LogP contribution < -0.4 is 0 Å². The first kappa shape index (κ1) is 12.0. The molecule has 0 radical (unpaired) electrons. The van der Waals surface area contributed by atoms with Crippen molar-refractivity contribution in [2.75, 3.05) is 0 Å². The van der Waals surface area contributed by atoms with Crippen LogP contribution in [0.25, 0.3) is 0 Å². The summed E-state index contributed by atoms with van der Waals surface area (Å²) in [5.74, 6) is -0.929. The minimum absolute atomic E-state index is 0.290. The lowest BCUT2D eigenvalue weighted by Crippen LogP contribution is -1.94. The average Bonchev–Trinajstić information content (AvgIpc) is 2.73. The SMILES string of the molecule is Cc1nc(Sc2nc(Br)cs2)sc1C(=O)O. The summed E-state index contributed by atoms with van der Waals surface area (Å²) in [6.07, 6.45) is 0. The first-order valence-electron chi connectivity index (χ1n) is 4.06. The van der Waals surface area contributed by atoms with Gasteiger partial charge in [0.2, 0.25) is 0 Å². The van der Waals surface area contributed by atoms with Gasteiger partial charge in [-0.15, -0.1) is 11.3 Å². The third kappa shape index (κ3) is 2.62. The molecule has 0 bridgehead atoms. The maximum atomic E-state index is 10.8. The molecule has 0 atom stereocenters. The molecule has 0 spiro atoms. The second-order valence-corrected chi connectivity index (χ2v) is 6.90. The van der Waals surface area contributed by atoms with Gasteiger partial charge in [-0.25, -0.2) is 14.8 Å². The van der Waals surface area contributed by atoms with Crippen LogP contribution in [0.3, 0.4) is 0 Å². The van der Waals surface area contributed by atoms with Crippen molar-refractivity contribution in [1.82, 2.24) is 9.97 Å². The molecule has 84 valence electrons. The standard InChI is InChI=1S/C8H5BrN2O2S3/c1-3-5(6(12)13)15-8(10-3)16-7-11-4(9)2-14-7/h2H,1H3,(H,12,13). The molecule has 0 unspecified atom stereocenters. The molecule has 0 fully saturated rings. The van der Waals surface area contributed by atoms with E-state index in [0.717, 1.165) is 8.94 Å². The zero-order valence-corrected chi connectivity index (χ0v) is 12.0. The summed E-state index contributed by atoms with van der Waals surface area (Å²) in [6, 6.07) is 0. The average molecular weight is 337 g/mol. The Morgan fingerprint density at radius 3 is 2.75 bits per heavy atom. The van der Waals surface area contributed by atoms with Gasteiger partial charge in [-0.05, 0) is 34.6 Å². The third-order valence-corrected chi connectivity index (χ3v) is 5.45. The first-order valence-corrected chi connectivity index (χ1v) is 7.36. The van der Waals surface area contributed by atoms with Crippen molar-refractivity contribution in [2.24, 2.45) is 0 Å². The highest BCUT2D eigenvalue weighted by molar-refractivity contribution is 9.10. The van der Waals surface area contributed by atoms with Gasteiger partial charge in [0.1, 0.15) is 9.48 Å². The van der Waals surface area contributed by atoms with Gasteiger partial charge in [0.15, 0.2) is 8.68 Å². The fourth-order valence-electron chi connectivity index (χ4n) is 0.974. The largest absolute Gasteiger partial charge is 0.477 e. The number of aromatic carboxylic acids is 1. The third-order valence-electron chi connectivity index (χ3n) is 1.60. The molecule has 0 amide bonds. The van der Waals surface area contributed by atoms with E-state index < -0.39 is 5.97 Å². The zero-order chi connectivity index (χ0) is 11.7. The highest BCUT2D eigenvalue weighted by Crippen LogP contribution is 2.35. The van der Waals surface area contributed by atoms with Crippen molar-refractivity contribution in [3.63, 3.8) is 0 Å². The van der Waals surface area contributed by atoms with Gasteiger partial charge in [-0.2, -0.15) is 0 Å². The molecule has 8 heteroatoms. The van der Waals surface area contributed by atoms with Crippen molar-refractivity contribution in [2.45, 2.75) is 15.6 Å². The molecule has 4 nitrogen and oxygen atoms in total. The molecule has 0 aliphatic heterocycles. The van der Waals surface area contributed by atoms with Crippen LogP contribution >= 0.6 is 50.4 Å². The van der Waals surface area contributed by atoms with Crippen LogP contribution in [0.1, 0.15) is 15.4 Å². The van der Waals surface area contributed by atoms with E-state index in [9.17, 15) is 4.79 Å². The Labute approximate surface area is 112 Å². The number of hydrogen-bond donors (Lipinski definition) is 1. The molecule has 0 aromatic carbocycles. The lowest BCUT2D eigenvalue weighted by atomic mass is 10.4. The van der Waals surface area contributed by atoms with Gasteiger partial charge in [0, 0.05) is 5.38 Å². The summed E-state index contributed by atoms with van der Waals surface area (Å²) in [7, 11) is 0. The first-order chi connectivity index (χ1) is 7.56. The van der Waals surface area contributed by atoms with Crippen molar-refractivity contribution in [1.29, 1.82) is 0 Å². The number of carboxylic acids is 1. The summed E-state index contributed by atoms with van der Waals surface area (Å²) in [4.78, 5) is 19.5. The van der Waals surface area contributed by atoms with Crippen LogP contribution in [0.15, 0.2) is 18.7 Å². The van der Waals surface area contributed by atoms with Crippen LogP contribution in [-0.4, -0.2) is 21.0 Å². The smallest absolute Gasteiger partial charge is 0.347 e. The molecule has 1 N–H and O–H groups in total. The van der Waals surface area contributed by atoms with Gasteiger partial charge >= 0.3 is 5.97 Å². The second-order valence-electron chi connectivity index (χ2n) is 2.74. The van der Waals surface area contributed by atoms with E-state index in [4.69, 9.17) is 5.11 Å². The lowest BCUT2D eigenvalue weighted by Gasteiger charge is -1.87. The number of carbonyl (C=O) groups is 1. The summed E-state index contributed by atoms with van der Waals surface area (Å²) in [6.45, 7) is 1.70. The molecule has 0 aliphatic carbocycles. The minimum atomic E-state index is -0.929. The molecule has 2 aromatic rings. The number of aryl methyl sites for hydroxylation is 1. The highest BCUT2D eigenvalue weighted by atomic mass is 79.9. The van der Waals surface area contributed by atoms with E-state index in [1.807, 2.05) is 5.38 Å². The van der Waals surface area contributed by atoms with Gasteiger partial charge < -0.3 is 5.11 Å². The Hall–Kier alpha value is -0.440. The number of thiazole rings is 2.